The summed E-state index contributed by atoms with van der Waals surface area (Å²) in [4.78, 5) is 2.76. The number of nitrogens with zero attached hydrogens (tertiary/aromatic N) is 2. The molecule has 1 aromatic heterocycles. The van der Waals surface area contributed by atoms with E-state index in [1.54, 1.807) is 23.8 Å². The van der Waals surface area contributed by atoms with Gasteiger partial charge in [0.1, 0.15) is 0 Å². The molecule has 1 aromatic carbocycles. The standard InChI is InChI=1S/C10H10F3N3S/c1-15(2)16-8-4-3-6(10(11,12)13)5-7(8)14-9(16)17/h3-5H,1-2H3,(H,14,17). The van der Waals surface area contributed by atoms with Crippen LogP contribution in [0, 0.1) is 4.77 Å². The van der Waals surface area contributed by atoms with Crippen LogP contribution in [-0.4, -0.2) is 23.8 Å². The molecule has 2 aromatic rings. The van der Waals surface area contributed by atoms with Crippen LogP contribution in [0.1, 0.15) is 5.56 Å². The molecule has 2 rings (SSSR count). The van der Waals surface area contributed by atoms with Crippen molar-refractivity contribution in [3.05, 3.63) is 28.5 Å². The van der Waals surface area contributed by atoms with Gasteiger partial charge in [-0.3, -0.25) is 0 Å². The quantitative estimate of drug-likeness (QED) is 0.798. The summed E-state index contributed by atoms with van der Waals surface area (Å²) < 4.78 is 39.6. The number of nitrogens with one attached hydrogen (secondary N) is 1. The van der Waals surface area contributed by atoms with Crippen LogP contribution in [-0.2, 0) is 6.18 Å². The molecule has 0 amide bonds. The highest BCUT2D eigenvalue weighted by molar-refractivity contribution is 7.71. The van der Waals surface area contributed by atoms with E-state index >= 15 is 0 Å². The zero-order chi connectivity index (χ0) is 12.8. The third-order valence-electron chi connectivity index (χ3n) is 2.39. The predicted molar refractivity (Wildman–Crippen MR) is 62.2 cm³/mol. The van der Waals surface area contributed by atoms with Crippen LogP contribution in [0.4, 0.5) is 13.2 Å². The maximum Gasteiger partial charge on any atom is 0.416 e. The van der Waals surface area contributed by atoms with Gasteiger partial charge in [-0.25, -0.2) is 4.68 Å². The van der Waals surface area contributed by atoms with Crippen LogP contribution in [0.2, 0.25) is 0 Å². The highest BCUT2D eigenvalue weighted by atomic mass is 32.1. The molecule has 0 saturated heterocycles. The normalized spacial score (nSPS) is 12.1. The van der Waals surface area contributed by atoms with E-state index in [4.69, 9.17) is 12.2 Å². The van der Waals surface area contributed by atoms with Gasteiger partial charge in [-0.1, -0.05) is 0 Å². The van der Waals surface area contributed by atoms with E-state index in [0.29, 0.717) is 15.8 Å². The van der Waals surface area contributed by atoms with Crippen molar-refractivity contribution in [2.24, 2.45) is 0 Å². The van der Waals surface area contributed by atoms with Crippen molar-refractivity contribution < 1.29 is 13.2 Å². The summed E-state index contributed by atoms with van der Waals surface area (Å²) in [5.41, 5.74) is 0.304. The van der Waals surface area contributed by atoms with Crippen LogP contribution >= 0.6 is 12.2 Å². The van der Waals surface area contributed by atoms with E-state index in [-0.39, 0.29) is 0 Å². The number of halogens is 3. The molecule has 7 heteroatoms. The lowest BCUT2D eigenvalue weighted by Crippen LogP contribution is -2.24. The molecule has 0 aliphatic rings. The van der Waals surface area contributed by atoms with E-state index in [0.717, 1.165) is 12.1 Å². The number of fused-ring (bicyclic) bond motifs is 1. The SMILES string of the molecule is CN(C)n1c(=S)[nH]c2cc(C(F)(F)F)ccc21. The molecule has 0 aliphatic carbocycles. The molecule has 3 nitrogen and oxygen atoms in total. The predicted octanol–water partition coefficient (Wildman–Crippen LogP) is 2.92. The highest BCUT2D eigenvalue weighted by Gasteiger charge is 2.30. The fourth-order valence-corrected chi connectivity index (χ4v) is 2.04. The molecule has 0 aliphatic heterocycles. The maximum absolute atomic E-state index is 12.5. The second-order valence-corrected chi connectivity index (χ2v) is 4.21. The van der Waals surface area contributed by atoms with Crippen molar-refractivity contribution in [3.8, 4) is 0 Å². The van der Waals surface area contributed by atoms with Crippen LogP contribution in [0.25, 0.3) is 11.0 Å². The van der Waals surface area contributed by atoms with Gasteiger partial charge in [0, 0.05) is 14.1 Å². The fraction of sp³-hybridized carbons (Fsp3) is 0.300. The summed E-state index contributed by atoms with van der Waals surface area (Å²) >= 11 is 5.05. The Morgan fingerprint density at radius 3 is 2.47 bits per heavy atom. The number of benzene rings is 1. The lowest BCUT2D eigenvalue weighted by molar-refractivity contribution is -0.137. The van der Waals surface area contributed by atoms with Crippen molar-refractivity contribution in [1.82, 2.24) is 9.66 Å². The van der Waals surface area contributed by atoms with E-state index < -0.39 is 11.7 Å². The van der Waals surface area contributed by atoms with Crippen molar-refractivity contribution >= 4 is 23.3 Å². The minimum atomic E-state index is -4.34. The smallest absolute Gasteiger partial charge is 0.329 e. The Hall–Kier alpha value is -1.50. The molecule has 0 radical (unpaired) electrons. The number of rotatable bonds is 1. The van der Waals surface area contributed by atoms with Gasteiger partial charge >= 0.3 is 6.18 Å². The van der Waals surface area contributed by atoms with E-state index in [9.17, 15) is 13.2 Å². The number of aromatic nitrogens is 2. The molecule has 17 heavy (non-hydrogen) atoms. The van der Waals surface area contributed by atoms with Gasteiger partial charge in [-0.2, -0.15) is 13.2 Å². The zero-order valence-corrected chi connectivity index (χ0v) is 9.99. The molecular formula is C10H10F3N3S. The lowest BCUT2D eigenvalue weighted by Gasteiger charge is -2.14. The van der Waals surface area contributed by atoms with Crippen molar-refractivity contribution in [2.75, 3.05) is 19.1 Å². The van der Waals surface area contributed by atoms with Crippen molar-refractivity contribution in [2.45, 2.75) is 6.18 Å². The van der Waals surface area contributed by atoms with Crippen LogP contribution < -0.4 is 5.01 Å². The Bertz CT molecular complexity index is 609. The van der Waals surface area contributed by atoms with Crippen LogP contribution in [0.5, 0.6) is 0 Å². The minimum absolute atomic E-state index is 0.365. The average Bonchev–Trinajstić information content (AvgIpc) is 2.50. The topological polar surface area (TPSA) is 24.0 Å². The van der Waals surface area contributed by atoms with Gasteiger partial charge < -0.3 is 9.99 Å². The van der Waals surface area contributed by atoms with Crippen LogP contribution in [0.15, 0.2) is 18.2 Å². The Kier molecular flexibility index (Phi) is 2.65. The van der Waals surface area contributed by atoms with Gasteiger partial charge in [0.25, 0.3) is 0 Å². The second-order valence-electron chi connectivity index (χ2n) is 3.82. The van der Waals surface area contributed by atoms with E-state index in [1.165, 1.54) is 6.07 Å². The summed E-state index contributed by atoms with van der Waals surface area (Å²) in [6.07, 6.45) is -4.34. The number of H-pyrrole nitrogens is 1. The first-order chi connectivity index (χ1) is 7.80. The minimum Gasteiger partial charge on any atom is -0.329 e. The largest absolute Gasteiger partial charge is 0.416 e. The second kappa shape index (κ2) is 3.76. The molecule has 0 bridgehead atoms. The Morgan fingerprint density at radius 2 is 1.94 bits per heavy atom. The van der Waals surface area contributed by atoms with Crippen LogP contribution in [0.3, 0.4) is 0 Å². The van der Waals surface area contributed by atoms with Crippen molar-refractivity contribution in [3.63, 3.8) is 0 Å². The van der Waals surface area contributed by atoms with Gasteiger partial charge in [-0.05, 0) is 30.4 Å². The average molecular weight is 261 g/mol. The first-order valence-corrected chi connectivity index (χ1v) is 5.21. The highest BCUT2D eigenvalue weighted by Crippen LogP contribution is 2.31. The van der Waals surface area contributed by atoms with E-state index in [2.05, 4.69) is 4.98 Å². The Labute approximate surface area is 100 Å². The molecular weight excluding hydrogens is 251 g/mol. The van der Waals surface area contributed by atoms with Gasteiger partial charge in [0.05, 0.1) is 16.6 Å². The monoisotopic (exact) mass is 261 g/mol. The third kappa shape index (κ3) is 2.02. The lowest BCUT2D eigenvalue weighted by atomic mass is 10.2. The molecule has 0 fully saturated rings. The van der Waals surface area contributed by atoms with Crippen molar-refractivity contribution in [1.29, 1.82) is 0 Å². The van der Waals surface area contributed by atoms with Gasteiger partial charge in [0.2, 0.25) is 0 Å². The molecule has 0 atom stereocenters. The third-order valence-corrected chi connectivity index (χ3v) is 2.66. The summed E-state index contributed by atoms with van der Waals surface area (Å²) in [5.74, 6) is 0. The molecule has 0 unspecified atom stereocenters. The summed E-state index contributed by atoms with van der Waals surface area (Å²) in [5, 5.41) is 1.70. The molecule has 1 N–H and O–H groups in total. The number of imidazole rings is 1. The van der Waals surface area contributed by atoms with Gasteiger partial charge in [0.15, 0.2) is 4.77 Å². The number of alkyl halides is 3. The molecule has 0 saturated carbocycles. The first-order valence-electron chi connectivity index (χ1n) is 4.80. The summed E-state index contributed by atoms with van der Waals surface area (Å²) in [6.45, 7) is 0. The Morgan fingerprint density at radius 1 is 1.29 bits per heavy atom. The van der Waals surface area contributed by atoms with E-state index in [1.807, 2.05) is 0 Å². The summed E-state index contributed by atoms with van der Waals surface area (Å²) in [6, 6.07) is 3.51. The fourth-order valence-electron chi connectivity index (χ4n) is 1.67. The molecule has 0 spiro atoms. The molecule has 92 valence electrons. The number of aromatic amines is 1. The number of hydrogen-bond acceptors (Lipinski definition) is 2. The maximum atomic E-state index is 12.5. The molecule has 1 heterocycles. The first kappa shape index (κ1) is 12.0. The summed E-state index contributed by atoms with van der Waals surface area (Å²) in [7, 11) is 3.53. The zero-order valence-electron chi connectivity index (χ0n) is 9.17. The number of hydrogen-bond donors (Lipinski definition) is 1. The van der Waals surface area contributed by atoms with Gasteiger partial charge in [-0.15, -0.1) is 0 Å². The Balaban J connectivity index is 2.70.